The van der Waals surface area contributed by atoms with Crippen LogP contribution in [-0.4, -0.2) is 48.4 Å². The Kier molecular flexibility index (Phi) is 6.10. The van der Waals surface area contributed by atoms with Gasteiger partial charge in [-0.3, -0.25) is 9.47 Å². The van der Waals surface area contributed by atoms with Gasteiger partial charge in [0.25, 0.3) is 4.84 Å². The summed E-state index contributed by atoms with van der Waals surface area (Å²) in [6, 6.07) is 5.00. The van der Waals surface area contributed by atoms with Crippen LogP contribution < -0.4 is 0 Å². The summed E-state index contributed by atoms with van der Waals surface area (Å²) in [4.78, 5) is 3.03. The monoisotopic (exact) mass is 411 g/mol. The molecule has 2 atom stereocenters. The van der Waals surface area contributed by atoms with Crippen molar-refractivity contribution in [2.45, 2.75) is 45.7 Å². The average molecular weight is 412 g/mol. The zero-order chi connectivity index (χ0) is 19.8. The summed E-state index contributed by atoms with van der Waals surface area (Å²) in [5, 5.41) is 0. The van der Waals surface area contributed by atoms with Crippen molar-refractivity contribution in [2.75, 3.05) is 26.2 Å². The van der Waals surface area contributed by atoms with E-state index in [-0.39, 0.29) is 4.90 Å². The predicted octanol–water partition coefficient (Wildman–Crippen LogP) is 3.93. The summed E-state index contributed by atoms with van der Waals surface area (Å²) in [5.74, 6) is 1.28. The fraction of sp³-hybridized carbons (Fsp3) is 0.632. The molecule has 1 aliphatic rings. The minimum absolute atomic E-state index is 0.281. The summed E-state index contributed by atoms with van der Waals surface area (Å²) in [7, 11) is -3.52. The summed E-state index contributed by atoms with van der Waals surface area (Å²) in [6.45, 7) is 11.8. The highest BCUT2D eigenvalue weighted by atomic mass is 32.2. The number of oxazole rings is 1. The fourth-order valence-electron chi connectivity index (χ4n) is 4.16. The van der Waals surface area contributed by atoms with Crippen molar-refractivity contribution in [1.29, 1.82) is 0 Å². The van der Waals surface area contributed by atoms with Crippen molar-refractivity contribution in [1.82, 2.24) is 13.8 Å². The molecule has 1 aromatic heterocycles. The Labute approximate surface area is 166 Å². The standard InChI is InChI=1S/C19H29N3O3S2/c1-5-21(6-2)27(23,24)16-7-8-18-17(10-16)22(19(26)25-18)13-20-11-14(3)9-15(4)12-20/h7-8,10,14-15H,5-6,9,11-13H2,1-4H3/t14-,15-/m0/s1. The van der Waals surface area contributed by atoms with Gasteiger partial charge in [-0.15, -0.1) is 0 Å². The van der Waals surface area contributed by atoms with Gasteiger partial charge in [-0.2, -0.15) is 4.31 Å². The van der Waals surface area contributed by atoms with Crippen molar-refractivity contribution in [3.8, 4) is 0 Å². The van der Waals surface area contributed by atoms with Crippen LogP contribution >= 0.6 is 12.2 Å². The van der Waals surface area contributed by atoms with Crippen molar-refractivity contribution in [3.63, 3.8) is 0 Å². The van der Waals surface area contributed by atoms with Gasteiger partial charge < -0.3 is 4.42 Å². The maximum absolute atomic E-state index is 12.9. The van der Waals surface area contributed by atoms with Crippen LogP contribution in [0.3, 0.4) is 0 Å². The Morgan fingerprint density at radius 1 is 1.19 bits per heavy atom. The van der Waals surface area contributed by atoms with Gasteiger partial charge in [-0.1, -0.05) is 27.7 Å². The minimum Gasteiger partial charge on any atom is -0.429 e. The first-order valence-electron chi connectivity index (χ1n) is 9.62. The Morgan fingerprint density at radius 3 is 2.41 bits per heavy atom. The van der Waals surface area contributed by atoms with Gasteiger partial charge in [-0.05, 0) is 48.7 Å². The second-order valence-corrected chi connectivity index (χ2v) is 9.93. The van der Waals surface area contributed by atoms with Crippen LogP contribution in [0.2, 0.25) is 0 Å². The first-order chi connectivity index (χ1) is 12.8. The zero-order valence-corrected chi connectivity index (χ0v) is 18.1. The lowest BCUT2D eigenvalue weighted by molar-refractivity contribution is 0.109. The van der Waals surface area contributed by atoms with E-state index in [9.17, 15) is 8.42 Å². The Balaban J connectivity index is 1.99. The quantitative estimate of drug-likeness (QED) is 0.674. The number of nitrogens with zero attached hydrogens (tertiary/aromatic N) is 3. The largest absolute Gasteiger partial charge is 0.429 e. The van der Waals surface area contributed by atoms with Gasteiger partial charge in [0.1, 0.15) is 0 Å². The van der Waals surface area contributed by atoms with E-state index in [1.807, 2.05) is 18.4 Å². The third kappa shape index (κ3) is 4.13. The highest BCUT2D eigenvalue weighted by Gasteiger charge is 2.25. The molecular weight excluding hydrogens is 382 g/mol. The third-order valence-corrected chi connectivity index (χ3v) is 7.62. The number of likely N-dealkylation sites (tertiary alicyclic amines) is 1. The molecule has 2 aromatic rings. The maximum Gasteiger partial charge on any atom is 0.270 e. The van der Waals surface area contributed by atoms with Crippen LogP contribution in [0.5, 0.6) is 0 Å². The molecule has 6 nitrogen and oxygen atoms in total. The summed E-state index contributed by atoms with van der Waals surface area (Å²) >= 11 is 5.42. The van der Waals surface area contributed by atoms with E-state index in [0.29, 0.717) is 42.0 Å². The van der Waals surface area contributed by atoms with Crippen LogP contribution in [0.1, 0.15) is 34.1 Å². The van der Waals surface area contributed by atoms with E-state index in [0.717, 1.165) is 18.6 Å². The normalized spacial score (nSPS) is 22.0. The van der Waals surface area contributed by atoms with Crippen molar-refractivity contribution >= 4 is 33.3 Å². The van der Waals surface area contributed by atoms with Crippen LogP contribution in [0.4, 0.5) is 0 Å². The molecule has 0 aliphatic carbocycles. The van der Waals surface area contributed by atoms with Crippen LogP contribution in [0.15, 0.2) is 27.5 Å². The Morgan fingerprint density at radius 2 is 1.81 bits per heavy atom. The van der Waals surface area contributed by atoms with Gasteiger partial charge in [0.2, 0.25) is 10.0 Å². The molecule has 1 fully saturated rings. The van der Waals surface area contributed by atoms with E-state index >= 15 is 0 Å². The van der Waals surface area contributed by atoms with E-state index < -0.39 is 10.0 Å². The lowest BCUT2D eigenvalue weighted by atomic mass is 9.92. The maximum atomic E-state index is 12.9. The third-order valence-electron chi connectivity index (χ3n) is 5.27. The second kappa shape index (κ2) is 8.03. The number of piperidine rings is 1. The molecule has 27 heavy (non-hydrogen) atoms. The Hall–Kier alpha value is -1.22. The number of hydrogen-bond donors (Lipinski definition) is 0. The van der Waals surface area contributed by atoms with Crippen molar-refractivity contribution in [3.05, 3.63) is 23.0 Å². The smallest absolute Gasteiger partial charge is 0.270 e. The SMILES string of the molecule is CCN(CC)S(=O)(=O)c1ccc2oc(=S)n(CN3C[C@@H](C)C[C@H](C)C3)c2c1. The number of fused-ring (bicyclic) bond motifs is 1. The molecule has 8 heteroatoms. The number of sulfonamides is 1. The first kappa shape index (κ1) is 20.5. The molecule has 0 unspecified atom stereocenters. The highest BCUT2D eigenvalue weighted by molar-refractivity contribution is 7.89. The Bertz CT molecular complexity index is 950. The average Bonchev–Trinajstić information content (AvgIpc) is 2.90. The van der Waals surface area contributed by atoms with E-state index in [2.05, 4.69) is 18.7 Å². The van der Waals surface area contributed by atoms with Gasteiger partial charge >= 0.3 is 0 Å². The number of hydrogen-bond acceptors (Lipinski definition) is 5. The molecule has 2 heterocycles. The van der Waals surface area contributed by atoms with Crippen molar-refractivity contribution < 1.29 is 12.8 Å². The number of benzene rings is 1. The minimum atomic E-state index is -3.52. The molecule has 1 aliphatic heterocycles. The van der Waals surface area contributed by atoms with E-state index in [1.165, 1.54) is 10.7 Å². The van der Waals surface area contributed by atoms with Gasteiger partial charge in [0, 0.05) is 26.2 Å². The zero-order valence-electron chi connectivity index (χ0n) is 16.5. The molecule has 0 amide bonds. The van der Waals surface area contributed by atoms with Crippen LogP contribution in [0, 0.1) is 16.7 Å². The topological polar surface area (TPSA) is 58.7 Å². The van der Waals surface area contributed by atoms with Crippen molar-refractivity contribution in [2.24, 2.45) is 11.8 Å². The lowest BCUT2D eigenvalue weighted by Crippen LogP contribution is -2.39. The van der Waals surface area contributed by atoms with Crippen LogP contribution in [0.25, 0.3) is 11.1 Å². The van der Waals surface area contributed by atoms with Gasteiger partial charge in [0.05, 0.1) is 17.1 Å². The van der Waals surface area contributed by atoms with Gasteiger partial charge in [-0.25, -0.2) is 8.42 Å². The molecule has 0 radical (unpaired) electrons. The van der Waals surface area contributed by atoms with Crippen LogP contribution in [-0.2, 0) is 16.7 Å². The fourth-order valence-corrected chi connectivity index (χ4v) is 5.88. The summed E-state index contributed by atoms with van der Waals surface area (Å²) in [6.07, 6.45) is 1.24. The molecule has 0 N–H and O–H groups in total. The highest BCUT2D eigenvalue weighted by Crippen LogP contribution is 2.26. The summed E-state index contributed by atoms with van der Waals surface area (Å²) < 4.78 is 34.9. The molecule has 150 valence electrons. The van der Waals surface area contributed by atoms with E-state index in [4.69, 9.17) is 16.6 Å². The first-order valence-corrected chi connectivity index (χ1v) is 11.5. The predicted molar refractivity (Wildman–Crippen MR) is 110 cm³/mol. The molecule has 0 bridgehead atoms. The molecular formula is C19H29N3O3S2. The van der Waals surface area contributed by atoms with E-state index in [1.54, 1.807) is 18.2 Å². The number of rotatable bonds is 6. The molecule has 1 aromatic carbocycles. The molecule has 0 spiro atoms. The second-order valence-electron chi connectivity index (χ2n) is 7.64. The molecule has 3 rings (SSSR count). The van der Waals surface area contributed by atoms with Gasteiger partial charge in [0.15, 0.2) is 5.58 Å². The summed E-state index contributed by atoms with van der Waals surface area (Å²) in [5.41, 5.74) is 1.36. The molecule has 0 saturated carbocycles. The lowest BCUT2D eigenvalue weighted by Gasteiger charge is -2.34. The molecule has 1 saturated heterocycles. The number of aromatic nitrogens is 1.